The minimum absolute atomic E-state index is 0.220. The molecule has 0 aromatic heterocycles. The van der Waals surface area contributed by atoms with E-state index in [4.69, 9.17) is 0 Å². The number of nitrogens with zero attached hydrogens (tertiary/aromatic N) is 2. The van der Waals surface area contributed by atoms with Gasteiger partial charge in [-0.3, -0.25) is 4.79 Å². The average molecular weight is 276 g/mol. The lowest BCUT2D eigenvalue weighted by Crippen LogP contribution is -2.38. The number of Topliss-reactive ketones (excluding diaryl/α,β-unsaturated/α-hetero) is 1. The van der Waals surface area contributed by atoms with Gasteiger partial charge >= 0.3 is 0 Å². The second kappa shape index (κ2) is 7.55. The fourth-order valence-electron chi connectivity index (χ4n) is 2.46. The molecule has 0 fully saturated rings. The average Bonchev–Trinajstić information content (AvgIpc) is 2.37. The maximum absolute atomic E-state index is 12.5. The van der Waals surface area contributed by atoms with Crippen LogP contribution in [0.1, 0.15) is 30.6 Å². The number of carbonyl (C=O) groups is 1. The van der Waals surface area contributed by atoms with Crippen LogP contribution in [0.4, 0.5) is 0 Å². The van der Waals surface area contributed by atoms with Crippen LogP contribution in [0.15, 0.2) is 30.3 Å². The molecule has 0 atom stereocenters. The van der Waals surface area contributed by atoms with Gasteiger partial charge in [-0.1, -0.05) is 44.2 Å². The van der Waals surface area contributed by atoms with Crippen molar-refractivity contribution < 1.29 is 4.79 Å². The summed E-state index contributed by atoms with van der Waals surface area (Å²) in [7, 11) is 6.27. The van der Waals surface area contributed by atoms with Crippen LogP contribution in [0.5, 0.6) is 0 Å². The molecule has 0 aliphatic rings. The van der Waals surface area contributed by atoms with Gasteiger partial charge in [0.15, 0.2) is 5.78 Å². The van der Waals surface area contributed by atoms with Crippen LogP contribution in [0.2, 0.25) is 0 Å². The summed E-state index contributed by atoms with van der Waals surface area (Å²) in [6.45, 7) is 6.95. The molecule has 0 amide bonds. The molecular formula is C17H28N2O. The monoisotopic (exact) mass is 276 g/mol. The van der Waals surface area contributed by atoms with Crippen molar-refractivity contribution in [2.45, 2.75) is 20.3 Å². The molecule has 0 saturated carbocycles. The molecule has 20 heavy (non-hydrogen) atoms. The zero-order valence-electron chi connectivity index (χ0n) is 13.5. The Hall–Kier alpha value is -1.19. The minimum Gasteiger partial charge on any atom is -0.309 e. The molecule has 1 rings (SSSR count). The first-order chi connectivity index (χ1) is 9.33. The van der Waals surface area contributed by atoms with E-state index in [-0.39, 0.29) is 11.2 Å². The molecule has 112 valence electrons. The van der Waals surface area contributed by atoms with E-state index in [1.807, 2.05) is 44.2 Å². The van der Waals surface area contributed by atoms with Gasteiger partial charge in [0.2, 0.25) is 0 Å². The smallest absolute Gasteiger partial charge is 0.169 e. The van der Waals surface area contributed by atoms with E-state index >= 15 is 0 Å². The quantitative estimate of drug-likeness (QED) is 0.682. The highest BCUT2D eigenvalue weighted by Gasteiger charge is 2.29. The maximum Gasteiger partial charge on any atom is 0.169 e. The van der Waals surface area contributed by atoms with Crippen molar-refractivity contribution in [1.29, 1.82) is 0 Å². The van der Waals surface area contributed by atoms with Crippen molar-refractivity contribution in [3.05, 3.63) is 35.9 Å². The molecule has 3 heteroatoms. The SMILES string of the molecule is CN(C)CCCN(C)CC(C)(C)C(=O)c1ccccc1. The van der Waals surface area contributed by atoms with Gasteiger partial charge in [-0.05, 0) is 40.7 Å². The van der Waals surface area contributed by atoms with E-state index in [0.29, 0.717) is 0 Å². The van der Waals surface area contributed by atoms with Gasteiger partial charge < -0.3 is 9.80 Å². The zero-order chi connectivity index (χ0) is 15.2. The van der Waals surface area contributed by atoms with Gasteiger partial charge in [-0.15, -0.1) is 0 Å². The third-order valence-corrected chi connectivity index (χ3v) is 3.46. The molecule has 0 heterocycles. The van der Waals surface area contributed by atoms with E-state index in [1.165, 1.54) is 0 Å². The lowest BCUT2D eigenvalue weighted by molar-refractivity contribution is 0.0781. The standard InChI is InChI=1S/C17H28N2O/c1-17(2,14-19(5)13-9-12-18(3)4)16(20)15-10-7-6-8-11-15/h6-8,10-11H,9,12-14H2,1-5H3. The summed E-state index contributed by atoms with van der Waals surface area (Å²) in [6.07, 6.45) is 1.12. The normalized spacial score (nSPS) is 12.2. The van der Waals surface area contributed by atoms with Crippen molar-refractivity contribution >= 4 is 5.78 Å². The van der Waals surface area contributed by atoms with Crippen LogP contribution in [-0.2, 0) is 0 Å². The summed E-state index contributed by atoms with van der Waals surface area (Å²) in [4.78, 5) is 17.0. The second-order valence-corrected chi connectivity index (χ2v) is 6.47. The molecule has 0 N–H and O–H groups in total. The van der Waals surface area contributed by atoms with Crippen LogP contribution < -0.4 is 0 Å². The highest BCUT2D eigenvalue weighted by atomic mass is 16.1. The third-order valence-electron chi connectivity index (χ3n) is 3.46. The van der Waals surface area contributed by atoms with Gasteiger partial charge in [-0.25, -0.2) is 0 Å². The topological polar surface area (TPSA) is 23.6 Å². The molecule has 0 aliphatic carbocycles. The minimum atomic E-state index is -0.353. The Balaban J connectivity index is 2.54. The third kappa shape index (κ3) is 5.43. The van der Waals surface area contributed by atoms with Crippen LogP contribution in [0, 0.1) is 5.41 Å². The molecule has 3 nitrogen and oxygen atoms in total. The van der Waals surface area contributed by atoms with Gasteiger partial charge in [0.25, 0.3) is 0 Å². The molecule has 0 saturated heterocycles. The Bertz CT molecular complexity index is 412. The Morgan fingerprint density at radius 2 is 1.65 bits per heavy atom. The van der Waals surface area contributed by atoms with E-state index in [0.717, 1.165) is 31.6 Å². The molecule has 1 aromatic carbocycles. The second-order valence-electron chi connectivity index (χ2n) is 6.47. The number of hydrogen-bond donors (Lipinski definition) is 0. The fraction of sp³-hybridized carbons (Fsp3) is 0.588. The van der Waals surface area contributed by atoms with Crippen LogP contribution in [0.3, 0.4) is 0 Å². The summed E-state index contributed by atoms with van der Waals surface area (Å²) in [5, 5.41) is 0. The maximum atomic E-state index is 12.5. The largest absolute Gasteiger partial charge is 0.309 e. The van der Waals surface area contributed by atoms with Gasteiger partial charge in [0.05, 0.1) is 0 Å². The van der Waals surface area contributed by atoms with Crippen molar-refractivity contribution in [2.75, 3.05) is 40.8 Å². The number of benzene rings is 1. The molecule has 0 bridgehead atoms. The fourth-order valence-corrected chi connectivity index (χ4v) is 2.46. The molecule has 0 aliphatic heterocycles. The van der Waals surface area contributed by atoms with E-state index in [1.54, 1.807) is 0 Å². The zero-order valence-corrected chi connectivity index (χ0v) is 13.5. The van der Waals surface area contributed by atoms with Crippen LogP contribution in [-0.4, -0.2) is 56.4 Å². The van der Waals surface area contributed by atoms with Gasteiger partial charge in [0.1, 0.15) is 0 Å². The highest BCUT2D eigenvalue weighted by Crippen LogP contribution is 2.23. The summed E-state index contributed by atoms with van der Waals surface area (Å²) in [5.41, 5.74) is 0.452. The molecule has 0 spiro atoms. The van der Waals surface area contributed by atoms with Crippen molar-refractivity contribution in [1.82, 2.24) is 9.80 Å². The van der Waals surface area contributed by atoms with Gasteiger partial charge in [-0.2, -0.15) is 0 Å². The summed E-state index contributed by atoms with van der Waals surface area (Å²) < 4.78 is 0. The first-order valence-electron chi connectivity index (χ1n) is 7.26. The highest BCUT2D eigenvalue weighted by molar-refractivity contribution is 6.00. The van der Waals surface area contributed by atoms with E-state index in [2.05, 4.69) is 30.9 Å². The lowest BCUT2D eigenvalue weighted by Gasteiger charge is -2.29. The van der Waals surface area contributed by atoms with Gasteiger partial charge in [0, 0.05) is 17.5 Å². The predicted octanol–water partition coefficient (Wildman–Crippen LogP) is 2.78. The molecular weight excluding hydrogens is 248 g/mol. The van der Waals surface area contributed by atoms with Crippen molar-refractivity contribution in [3.8, 4) is 0 Å². The Morgan fingerprint density at radius 3 is 2.20 bits per heavy atom. The Labute approximate surface area is 123 Å². The summed E-state index contributed by atoms with van der Waals surface area (Å²) in [5.74, 6) is 0.220. The first kappa shape index (κ1) is 16.9. The van der Waals surface area contributed by atoms with Crippen LogP contribution >= 0.6 is 0 Å². The number of carbonyl (C=O) groups excluding carboxylic acids is 1. The Morgan fingerprint density at radius 1 is 1.05 bits per heavy atom. The first-order valence-corrected chi connectivity index (χ1v) is 7.26. The molecule has 1 aromatic rings. The van der Waals surface area contributed by atoms with E-state index < -0.39 is 0 Å². The predicted molar refractivity (Wildman–Crippen MR) is 85.2 cm³/mol. The van der Waals surface area contributed by atoms with E-state index in [9.17, 15) is 4.79 Å². The number of rotatable bonds is 8. The lowest BCUT2D eigenvalue weighted by atomic mass is 9.84. The Kier molecular flexibility index (Phi) is 6.37. The number of ketones is 1. The molecule has 0 radical (unpaired) electrons. The van der Waals surface area contributed by atoms with Crippen molar-refractivity contribution in [3.63, 3.8) is 0 Å². The van der Waals surface area contributed by atoms with Crippen LogP contribution in [0.25, 0.3) is 0 Å². The number of hydrogen-bond acceptors (Lipinski definition) is 3. The summed E-state index contributed by atoms with van der Waals surface area (Å²) >= 11 is 0. The summed E-state index contributed by atoms with van der Waals surface area (Å²) in [6, 6.07) is 9.58. The van der Waals surface area contributed by atoms with Crippen molar-refractivity contribution in [2.24, 2.45) is 5.41 Å². The molecule has 0 unspecified atom stereocenters.